The fraction of sp³-hybridized carbons (Fsp3) is 0.385. The van der Waals surface area contributed by atoms with Crippen molar-refractivity contribution in [2.24, 2.45) is 0 Å². The molecule has 3 rings (SSSR count). The first-order valence-electron chi connectivity index (χ1n) is 11.5. The standard InChI is InChI=1S/C26H32BrN3O3S/c1-3-4-13-29(19-23-7-5-14-28(23)18-21-9-11-22(27)12-10-21)25(31)20-30(15-16-33-2)26(32)24-8-6-17-34-24/h5-12,14,17H,3-4,13,15-16,18-20H2,1-2H3. The number of amides is 2. The highest BCUT2D eigenvalue weighted by Crippen LogP contribution is 2.16. The lowest BCUT2D eigenvalue weighted by Gasteiger charge is -2.28. The molecule has 0 atom stereocenters. The van der Waals surface area contributed by atoms with Crippen LogP contribution in [0.3, 0.4) is 0 Å². The number of methoxy groups -OCH3 is 1. The molecule has 0 radical (unpaired) electrons. The van der Waals surface area contributed by atoms with Crippen LogP contribution in [0.2, 0.25) is 0 Å². The number of benzene rings is 1. The molecule has 0 aliphatic heterocycles. The van der Waals surface area contributed by atoms with Gasteiger partial charge in [0.15, 0.2) is 0 Å². The van der Waals surface area contributed by atoms with Gasteiger partial charge in [-0.05, 0) is 47.7 Å². The normalized spacial score (nSPS) is 10.9. The molecule has 0 spiro atoms. The molecule has 0 fully saturated rings. The van der Waals surface area contributed by atoms with E-state index in [0.717, 1.165) is 29.6 Å². The van der Waals surface area contributed by atoms with Gasteiger partial charge in [0.2, 0.25) is 5.91 Å². The first-order chi connectivity index (χ1) is 16.5. The monoisotopic (exact) mass is 545 g/mol. The second-order valence-corrected chi connectivity index (χ2v) is 9.98. The molecule has 3 aromatic rings. The summed E-state index contributed by atoms with van der Waals surface area (Å²) in [5.74, 6) is -0.180. The van der Waals surface area contributed by atoms with Gasteiger partial charge >= 0.3 is 0 Å². The molecule has 34 heavy (non-hydrogen) atoms. The van der Waals surface area contributed by atoms with Gasteiger partial charge < -0.3 is 19.1 Å². The molecule has 0 unspecified atom stereocenters. The summed E-state index contributed by atoms with van der Waals surface area (Å²) in [6, 6.07) is 16.0. The number of ether oxygens (including phenoxy) is 1. The third kappa shape index (κ3) is 7.55. The van der Waals surface area contributed by atoms with Gasteiger partial charge in [0.1, 0.15) is 6.54 Å². The molecule has 0 aliphatic rings. The third-order valence-electron chi connectivity index (χ3n) is 5.59. The average molecular weight is 547 g/mol. The van der Waals surface area contributed by atoms with E-state index < -0.39 is 0 Å². The summed E-state index contributed by atoms with van der Waals surface area (Å²) < 4.78 is 8.42. The summed E-state index contributed by atoms with van der Waals surface area (Å²) in [5.41, 5.74) is 2.26. The molecular formula is C26H32BrN3O3S. The molecule has 0 saturated heterocycles. The van der Waals surface area contributed by atoms with Crippen molar-refractivity contribution in [3.05, 3.63) is 80.7 Å². The molecule has 1 aromatic carbocycles. The van der Waals surface area contributed by atoms with Crippen LogP contribution >= 0.6 is 27.3 Å². The Balaban J connectivity index is 1.73. The van der Waals surface area contributed by atoms with Crippen molar-refractivity contribution in [3.63, 3.8) is 0 Å². The third-order valence-corrected chi connectivity index (χ3v) is 6.97. The van der Waals surface area contributed by atoms with Crippen LogP contribution in [0.15, 0.2) is 64.6 Å². The van der Waals surface area contributed by atoms with E-state index in [4.69, 9.17) is 4.74 Å². The van der Waals surface area contributed by atoms with Crippen molar-refractivity contribution in [1.29, 1.82) is 0 Å². The van der Waals surface area contributed by atoms with Crippen LogP contribution in [-0.2, 0) is 22.6 Å². The Kier molecular flexibility index (Phi) is 10.4. The zero-order valence-electron chi connectivity index (χ0n) is 19.8. The van der Waals surface area contributed by atoms with Crippen LogP contribution in [0.5, 0.6) is 0 Å². The van der Waals surface area contributed by atoms with Gasteiger partial charge in [-0.3, -0.25) is 9.59 Å². The predicted octanol–water partition coefficient (Wildman–Crippen LogP) is 5.28. The minimum absolute atomic E-state index is 0.0389. The van der Waals surface area contributed by atoms with Gasteiger partial charge in [-0.2, -0.15) is 0 Å². The van der Waals surface area contributed by atoms with Crippen LogP contribution < -0.4 is 0 Å². The van der Waals surface area contributed by atoms with Crippen molar-refractivity contribution < 1.29 is 14.3 Å². The van der Waals surface area contributed by atoms with Crippen LogP contribution in [0.25, 0.3) is 0 Å². The minimum atomic E-state index is -0.130. The average Bonchev–Trinajstić information content (AvgIpc) is 3.53. The van der Waals surface area contributed by atoms with Crippen molar-refractivity contribution in [3.8, 4) is 0 Å². The number of hydrogen-bond donors (Lipinski definition) is 0. The Bertz CT molecular complexity index is 1030. The van der Waals surface area contributed by atoms with Crippen LogP contribution in [-0.4, -0.2) is 59.5 Å². The molecule has 0 bridgehead atoms. The number of unbranched alkanes of at least 4 members (excludes halogenated alkanes) is 1. The fourth-order valence-electron chi connectivity index (χ4n) is 3.64. The highest BCUT2D eigenvalue weighted by molar-refractivity contribution is 9.10. The zero-order chi connectivity index (χ0) is 24.3. The first kappa shape index (κ1) is 26.2. The zero-order valence-corrected chi connectivity index (χ0v) is 22.2. The molecular weight excluding hydrogens is 514 g/mol. The number of carbonyl (C=O) groups excluding carboxylic acids is 2. The Morgan fingerprint density at radius 3 is 2.53 bits per heavy atom. The van der Waals surface area contributed by atoms with Gasteiger partial charge in [-0.1, -0.05) is 47.5 Å². The SMILES string of the molecule is CCCCN(Cc1cccn1Cc1ccc(Br)cc1)C(=O)CN(CCOC)C(=O)c1cccs1. The van der Waals surface area contributed by atoms with E-state index in [1.165, 1.54) is 16.9 Å². The van der Waals surface area contributed by atoms with Crippen molar-refractivity contribution in [2.75, 3.05) is 33.4 Å². The first-order valence-corrected chi connectivity index (χ1v) is 13.2. The molecule has 2 amide bonds. The quantitative estimate of drug-likeness (QED) is 0.293. The van der Waals surface area contributed by atoms with Gasteiger partial charge in [0.05, 0.1) is 18.0 Å². The van der Waals surface area contributed by atoms with E-state index in [2.05, 4.69) is 45.6 Å². The minimum Gasteiger partial charge on any atom is -0.383 e. The number of rotatable bonds is 13. The van der Waals surface area contributed by atoms with Crippen molar-refractivity contribution in [2.45, 2.75) is 32.9 Å². The van der Waals surface area contributed by atoms with E-state index in [9.17, 15) is 9.59 Å². The maximum absolute atomic E-state index is 13.4. The second-order valence-electron chi connectivity index (χ2n) is 8.12. The Morgan fingerprint density at radius 2 is 1.85 bits per heavy atom. The highest BCUT2D eigenvalue weighted by atomic mass is 79.9. The topological polar surface area (TPSA) is 54.8 Å². The Hall–Kier alpha value is -2.42. The number of nitrogens with zero attached hydrogens (tertiary/aromatic N) is 3. The lowest BCUT2D eigenvalue weighted by Crippen LogP contribution is -2.44. The molecule has 2 aromatic heterocycles. The molecule has 6 nitrogen and oxygen atoms in total. The lowest BCUT2D eigenvalue weighted by molar-refractivity contribution is -0.132. The van der Waals surface area contributed by atoms with Crippen LogP contribution in [0.1, 0.15) is 40.7 Å². The van der Waals surface area contributed by atoms with Gasteiger partial charge in [-0.25, -0.2) is 0 Å². The summed E-state index contributed by atoms with van der Waals surface area (Å²) in [6.45, 7) is 4.82. The fourth-order valence-corrected chi connectivity index (χ4v) is 4.60. The Labute approximate surface area is 214 Å². The summed E-state index contributed by atoms with van der Waals surface area (Å²) >= 11 is 4.87. The Morgan fingerprint density at radius 1 is 1.06 bits per heavy atom. The second kappa shape index (κ2) is 13.5. The largest absolute Gasteiger partial charge is 0.383 e. The summed E-state index contributed by atoms with van der Waals surface area (Å²) in [6.07, 6.45) is 3.95. The smallest absolute Gasteiger partial charge is 0.264 e. The maximum atomic E-state index is 13.4. The highest BCUT2D eigenvalue weighted by Gasteiger charge is 2.23. The molecule has 8 heteroatoms. The number of halogens is 1. The number of carbonyl (C=O) groups is 2. The predicted molar refractivity (Wildman–Crippen MR) is 140 cm³/mol. The number of thiophene rings is 1. The maximum Gasteiger partial charge on any atom is 0.264 e. The molecule has 0 saturated carbocycles. The van der Waals surface area contributed by atoms with Crippen molar-refractivity contribution in [1.82, 2.24) is 14.4 Å². The van der Waals surface area contributed by atoms with Gasteiger partial charge in [0.25, 0.3) is 5.91 Å². The molecule has 0 aliphatic carbocycles. The summed E-state index contributed by atoms with van der Waals surface area (Å²) in [5, 5.41) is 1.87. The van der Waals surface area contributed by atoms with E-state index in [0.29, 0.717) is 31.1 Å². The molecule has 182 valence electrons. The lowest BCUT2D eigenvalue weighted by atomic mass is 10.2. The number of aromatic nitrogens is 1. The van der Waals surface area contributed by atoms with E-state index in [1.54, 1.807) is 18.1 Å². The van der Waals surface area contributed by atoms with Crippen molar-refractivity contribution >= 4 is 39.1 Å². The molecule has 2 heterocycles. The summed E-state index contributed by atoms with van der Waals surface area (Å²) in [7, 11) is 1.60. The van der Waals surface area contributed by atoms with E-state index in [1.807, 2.05) is 40.7 Å². The van der Waals surface area contributed by atoms with Gasteiger partial charge in [-0.15, -0.1) is 11.3 Å². The van der Waals surface area contributed by atoms with Crippen LogP contribution in [0, 0.1) is 0 Å². The van der Waals surface area contributed by atoms with E-state index in [-0.39, 0.29) is 18.4 Å². The van der Waals surface area contributed by atoms with Crippen LogP contribution in [0.4, 0.5) is 0 Å². The summed E-state index contributed by atoms with van der Waals surface area (Å²) in [4.78, 5) is 30.5. The van der Waals surface area contributed by atoms with E-state index >= 15 is 0 Å². The molecule has 0 N–H and O–H groups in total. The number of hydrogen-bond acceptors (Lipinski definition) is 4. The van der Waals surface area contributed by atoms with Gasteiger partial charge in [0, 0.05) is 43.1 Å².